The van der Waals surface area contributed by atoms with Crippen LogP contribution in [0.5, 0.6) is 0 Å². The van der Waals surface area contributed by atoms with Crippen LogP contribution in [0, 0.1) is 0 Å². The normalized spacial score (nSPS) is 11.5. The number of fused-ring (bicyclic) bond motifs is 2. The zero-order chi connectivity index (χ0) is 14.2. The van der Waals surface area contributed by atoms with Crippen molar-refractivity contribution in [2.75, 3.05) is 0 Å². The van der Waals surface area contributed by atoms with Crippen LogP contribution in [0.25, 0.3) is 21.7 Å². The van der Waals surface area contributed by atoms with Crippen LogP contribution in [0.1, 0.15) is 5.56 Å². The number of aromatic nitrogens is 2. The Morgan fingerprint density at radius 2 is 1.57 bits per heavy atom. The van der Waals surface area contributed by atoms with E-state index in [1.807, 2.05) is 0 Å². The molecule has 0 atom stereocenters. The second-order valence-corrected chi connectivity index (χ2v) is 6.13. The number of aromatic amines is 1. The molecule has 0 unspecified atom stereocenters. The Bertz CT molecular complexity index is 884. The lowest BCUT2D eigenvalue weighted by molar-refractivity contribution is 0.704. The molecule has 4 rings (SSSR count). The third-order valence-electron chi connectivity index (χ3n) is 3.99. The van der Waals surface area contributed by atoms with Crippen LogP contribution in [-0.4, -0.2) is 9.55 Å². The number of rotatable bonds is 3. The van der Waals surface area contributed by atoms with Gasteiger partial charge in [0, 0.05) is 29.8 Å². The van der Waals surface area contributed by atoms with Crippen molar-refractivity contribution in [3.05, 3.63) is 71.1 Å². The fourth-order valence-electron chi connectivity index (χ4n) is 2.92. The van der Waals surface area contributed by atoms with E-state index in [-0.39, 0.29) is 0 Å². The number of nitrogens with one attached hydrogen (secondary N) is 1. The Hall–Kier alpha value is -2.00. The van der Waals surface area contributed by atoms with E-state index in [0.29, 0.717) is 0 Å². The fraction of sp³-hybridized carbons (Fsp3) is 0.111. The standard InChI is InChI=1S/C18H15BrN2/c19-18-16(15-7-3-4-8-17(15)20-18)9-10-21-11-13-5-1-2-6-14(13)12-21/h1-8,11-12,20H,9-10H2. The molecular weight excluding hydrogens is 324 g/mol. The lowest BCUT2D eigenvalue weighted by Crippen LogP contribution is -1.98. The van der Waals surface area contributed by atoms with E-state index in [2.05, 4.69) is 86.4 Å². The van der Waals surface area contributed by atoms with Crippen LogP contribution in [0.3, 0.4) is 0 Å². The molecule has 21 heavy (non-hydrogen) atoms. The summed E-state index contributed by atoms with van der Waals surface area (Å²) in [6.07, 6.45) is 5.45. The summed E-state index contributed by atoms with van der Waals surface area (Å²) in [7, 11) is 0. The van der Waals surface area contributed by atoms with Gasteiger partial charge >= 0.3 is 0 Å². The van der Waals surface area contributed by atoms with Crippen LogP contribution in [-0.2, 0) is 13.0 Å². The second kappa shape index (κ2) is 5.08. The minimum absolute atomic E-state index is 0.981. The minimum Gasteiger partial charge on any atom is -0.353 e. The summed E-state index contributed by atoms with van der Waals surface area (Å²) in [6.45, 7) is 0.981. The number of H-pyrrole nitrogens is 1. The zero-order valence-electron chi connectivity index (χ0n) is 11.5. The Labute approximate surface area is 131 Å². The molecule has 4 aromatic rings. The van der Waals surface area contributed by atoms with Crippen molar-refractivity contribution in [3.63, 3.8) is 0 Å². The maximum atomic E-state index is 3.65. The summed E-state index contributed by atoms with van der Waals surface area (Å²) in [5.41, 5.74) is 2.54. The molecule has 0 radical (unpaired) electrons. The van der Waals surface area contributed by atoms with E-state index in [4.69, 9.17) is 0 Å². The number of halogens is 1. The highest BCUT2D eigenvalue weighted by atomic mass is 79.9. The fourth-order valence-corrected chi connectivity index (χ4v) is 3.55. The van der Waals surface area contributed by atoms with Crippen molar-refractivity contribution in [2.24, 2.45) is 0 Å². The van der Waals surface area contributed by atoms with Crippen LogP contribution >= 0.6 is 15.9 Å². The molecule has 2 aromatic heterocycles. The largest absolute Gasteiger partial charge is 0.353 e. The third kappa shape index (κ3) is 2.28. The van der Waals surface area contributed by atoms with E-state index < -0.39 is 0 Å². The van der Waals surface area contributed by atoms with Gasteiger partial charge in [-0.3, -0.25) is 0 Å². The van der Waals surface area contributed by atoms with Crippen LogP contribution in [0.4, 0.5) is 0 Å². The smallest absolute Gasteiger partial charge is 0.0864 e. The summed E-state index contributed by atoms with van der Waals surface area (Å²) < 4.78 is 3.37. The second-order valence-electron chi connectivity index (χ2n) is 5.34. The molecule has 2 nitrogen and oxygen atoms in total. The maximum absolute atomic E-state index is 3.65. The molecule has 0 aliphatic rings. The van der Waals surface area contributed by atoms with Gasteiger partial charge in [-0.1, -0.05) is 42.5 Å². The molecule has 0 bridgehead atoms. The first-order chi connectivity index (χ1) is 10.3. The van der Waals surface area contributed by atoms with Gasteiger partial charge in [0.1, 0.15) is 0 Å². The molecular formula is C18H15BrN2. The predicted molar refractivity (Wildman–Crippen MR) is 91.6 cm³/mol. The van der Waals surface area contributed by atoms with Crippen LogP contribution < -0.4 is 0 Å². The average molecular weight is 339 g/mol. The van der Waals surface area contributed by atoms with Crippen molar-refractivity contribution in [2.45, 2.75) is 13.0 Å². The van der Waals surface area contributed by atoms with Crippen molar-refractivity contribution in [1.29, 1.82) is 0 Å². The van der Waals surface area contributed by atoms with Gasteiger partial charge in [-0.15, -0.1) is 0 Å². The van der Waals surface area contributed by atoms with E-state index in [1.54, 1.807) is 0 Å². The number of hydrogen-bond acceptors (Lipinski definition) is 0. The first-order valence-corrected chi connectivity index (χ1v) is 7.90. The number of nitrogens with zero attached hydrogens (tertiary/aromatic N) is 1. The molecule has 2 heterocycles. The molecule has 0 aliphatic carbocycles. The molecule has 0 spiro atoms. The summed E-state index contributed by atoms with van der Waals surface area (Å²) in [6, 6.07) is 16.9. The SMILES string of the molecule is Brc1[nH]c2ccccc2c1CCn1cc2ccccc2c1. The highest BCUT2D eigenvalue weighted by molar-refractivity contribution is 9.10. The van der Waals surface area contributed by atoms with Crippen LogP contribution in [0.15, 0.2) is 65.5 Å². The lowest BCUT2D eigenvalue weighted by Gasteiger charge is -2.03. The average Bonchev–Trinajstić information content (AvgIpc) is 3.04. The Morgan fingerprint density at radius 1 is 0.905 bits per heavy atom. The Balaban J connectivity index is 1.64. The number of para-hydroxylation sites is 1. The first kappa shape index (κ1) is 12.7. The van der Waals surface area contributed by atoms with Gasteiger partial charge in [0.15, 0.2) is 0 Å². The molecule has 1 N–H and O–H groups in total. The van der Waals surface area contributed by atoms with Crippen molar-refractivity contribution in [1.82, 2.24) is 9.55 Å². The monoisotopic (exact) mass is 338 g/mol. The Morgan fingerprint density at radius 3 is 2.33 bits per heavy atom. The van der Waals surface area contributed by atoms with E-state index in [0.717, 1.165) is 17.6 Å². The highest BCUT2D eigenvalue weighted by Gasteiger charge is 2.09. The molecule has 0 fully saturated rings. The molecule has 3 heteroatoms. The molecule has 104 valence electrons. The van der Waals surface area contributed by atoms with Crippen molar-refractivity contribution in [3.8, 4) is 0 Å². The summed E-state index contributed by atoms with van der Waals surface area (Å²) >= 11 is 3.65. The molecule has 0 saturated carbocycles. The van der Waals surface area contributed by atoms with Crippen molar-refractivity contribution >= 4 is 37.6 Å². The first-order valence-electron chi connectivity index (χ1n) is 7.11. The van der Waals surface area contributed by atoms with Gasteiger partial charge in [0.2, 0.25) is 0 Å². The van der Waals surface area contributed by atoms with Gasteiger partial charge in [-0.25, -0.2) is 0 Å². The van der Waals surface area contributed by atoms with Gasteiger partial charge in [-0.2, -0.15) is 0 Å². The molecule has 0 saturated heterocycles. The highest BCUT2D eigenvalue weighted by Crippen LogP contribution is 2.27. The topological polar surface area (TPSA) is 20.7 Å². The van der Waals surface area contributed by atoms with Gasteiger partial charge in [-0.05, 0) is 44.8 Å². The predicted octanol–water partition coefficient (Wildman–Crippen LogP) is 5.13. The van der Waals surface area contributed by atoms with Gasteiger partial charge in [0.05, 0.1) is 4.60 Å². The van der Waals surface area contributed by atoms with Gasteiger partial charge < -0.3 is 9.55 Å². The molecule has 2 aromatic carbocycles. The maximum Gasteiger partial charge on any atom is 0.0864 e. The zero-order valence-corrected chi connectivity index (χ0v) is 13.1. The van der Waals surface area contributed by atoms with Crippen LogP contribution in [0.2, 0.25) is 0 Å². The number of hydrogen-bond donors (Lipinski definition) is 1. The number of aryl methyl sites for hydroxylation is 2. The summed E-state index contributed by atoms with van der Waals surface area (Å²) in [4.78, 5) is 3.40. The van der Waals surface area contributed by atoms with E-state index in [1.165, 1.54) is 27.2 Å². The quantitative estimate of drug-likeness (QED) is 0.534. The lowest BCUT2D eigenvalue weighted by atomic mass is 10.1. The molecule has 0 aliphatic heterocycles. The van der Waals surface area contributed by atoms with E-state index in [9.17, 15) is 0 Å². The number of benzene rings is 2. The van der Waals surface area contributed by atoms with E-state index >= 15 is 0 Å². The van der Waals surface area contributed by atoms with Crippen molar-refractivity contribution < 1.29 is 0 Å². The Kier molecular flexibility index (Phi) is 3.08. The minimum atomic E-state index is 0.981. The summed E-state index contributed by atoms with van der Waals surface area (Å²) in [5.74, 6) is 0. The third-order valence-corrected chi connectivity index (χ3v) is 4.66. The van der Waals surface area contributed by atoms with Gasteiger partial charge in [0.25, 0.3) is 0 Å². The molecule has 0 amide bonds. The summed E-state index contributed by atoms with van der Waals surface area (Å²) in [5, 5.41) is 3.91.